The van der Waals surface area contributed by atoms with Gasteiger partial charge >= 0.3 is 16.4 Å². The highest BCUT2D eigenvalue weighted by atomic mass is 32.3. The van der Waals surface area contributed by atoms with E-state index in [1.165, 1.54) is 19.2 Å². The molecule has 2 aliphatic heterocycles. The lowest BCUT2D eigenvalue weighted by molar-refractivity contribution is -0.218. The molecule has 5 rings (SSSR count). The topological polar surface area (TPSA) is 274 Å². The smallest absolute Gasteiger partial charge is 0.418 e. The van der Waals surface area contributed by atoms with Crippen molar-refractivity contribution in [3.05, 3.63) is 41.4 Å². The molecule has 19 nitrogen and oxygen atoms in total. The van der Waals surface area contributed by atoms with E-state index in [-0.39, 0.29) is 10.8 Å². The number of rotatable bonds is 17. The average Bonchev–Trinajstić information content (AvgIpc) is 3.47. The van der Waals surface area contributed by atoms with E-state index in [1.54, 1.807) is 18.2 Å². The lowest BCUT2D eigenvalue weighted by atomic mass is 9.84. The number of amides is 2. The van der Waals surface area contributed by atoms with Crippen molar-refractivity contribution in [2.75, 3.05) is 50.0 Å². The summed E-state index contributed by atoms with van der Waals surface area (Å²) in [5.41, 5.74) is 10.1. The summed E-state index contributed by atoms with van der Waals surface area (Å²) < 4.78 is 41.2. The summed E-state index contributed by atoms with van der Waals surface area (Å²) in [4.78, 5) is 54.2. The van der Waals surface area contributed by atoms with Crippen molar-refractivity contribution in [3.8, 4) is 5.75 Å². The summed E-state index contributed by atoms with van der Waals surface area (Å²) in [6.07, 6.45) is -0.859. The summed E-state index contributed by atoms with van der Waals surface area (Å²) in [6, 6.07) is 7.60. The van der Waals surface area contributed by atoms with Gasteiger partial charge in [-0.05, 0) is 57.1 Å². The van der Waals surface area contributed by atoms with Crippen LogP contribution in [0.3, 0.4) is 0 Å². The van der Waals surface area contributed by atoms with Gasteiger partial charge in [-0.25, -0.2) is 14.8 Å². The van der Waals surface area contributed by atoms with Crippen LogP contribution < -0.4 is 31.7 Å². The second-order valence-corrected chi connectivity index (χ2v) is 14.0. The highest BCUT2D eigenvalue weighted by molar-refractivity contribution is 7.80. The fraction of sp³-hybridized carbons (Fsp3) is 0.448. The maximum Gasteiger partial charge on any atom is 0.418 e. The monoisotopic (exact) mass is 735 g/mol. The molecule has 0 spiro atoms. The van der Waals surface area contributed by atoms with Crippen molar-refractivity contribution in [1.29, 1.82) is 0 Å². The standard InChI is InChI=1S/C29H37N9O10S2/c1-29(2)24(26(40)38(29)48-50(43,44)45)35-25(39)23(20-15-49-28(31)34-20)36-47-21(27(41)42)14-46-18-5-6-19-17(10-18)4-7-22(33-19)37(9-3-8-30)13-16-11-32-12-16/h4-7,10,15-16,21,24,32H,3,8-9,11-14,30H2,1-2H3,(H2,31,34)(H,35,39)(H,41,42)(H,43,44,45). The number of nitrogen functional groups attached to an aromatic ring is 1. The zero-order valence-corrected chi connectivity index (χ0v) is 28.6. The highest BCUT2D eigenvalue weighted by Gasteiger charge is 2.58. The molecule has 270 valence electrons. The number of anilines is 2. The zero-order valence-electron chi connectivity index (χ0n) is 27.0. The van der Waals surface area contributed by atoms with Crippen molar-refractivity contribution in [3.63, 3.8) is 0 Å². The molecule has 2 aliphatic rings. The van der Waals surface area contributed by atoms with E-state index in [9.17, 15) is 27.9 Å². The number of carbonyl (C=O) groups excluding carboxylic acids is 2. The first-order chi connectivity index (χ1) is 23.7. The lowest BCUT2D eigenvalue weighted by Gasteiger charge is -2.50. The van der Waals surface area contributed by atoms with Gasteiger partial charge < -0.3 is 41.7 Å². The lowest BCUT2D eigenvalue weighted by Crippen LogP contribution is -2.76. The second kappa shape index (κ2) is 15.1. The number of nitrogens with one attached hydrogen (secondary N) is 2. The fourth-order valence-corrected chi connectivity index (χ4v) is 6.19. The van der Waals surface area contributed by atoms with Crippen molar-refractivity contribution in [2.45, 2.75) is 38.0 Å². The Labute approximate surface area is 290 Å². The molecule has 21 heteroatoms. The van der Waals surface area contributed by atoms with Crippen LogP contribution >= 0.6 is 11.3 Å². The number of carboxylic acid groups (broad SMARTS) is 1. The first-order valence-corrected chi connectivity index (χ1v) is 17.6. The van der Waals surface area contributed by atoms with E-state index in [4.69, 9.17) is 30.6 Å². The maximum atomic E-state index is 13.3. The van der Waals surface area contributed by atoms with E-state index in [1.807, 2.05) is 12.1 Å². The molecule has 0 bridgehead atoms. The molecule has 50 heavy (non-hydrogen) atoms. The first kappa shape index (κ1) is 36.6. The van der Waals surface area contributed by atoms with E-state index in [0.29, 0.717) is 28.8 Å². The van der Waals surface area contributed by atoms with Crippen molar-refractivity contribution < 1.29 is 46.3 Å². The minimum atomic E-state index is -5.02. The Morgan fingerprint density at radius 3 is 2.62 bits per heavy atom. The number of nitrogens with two attached hydrogens (primary N) is 2. The number of carbonyl (C=O) groups is 3. The average molecular weight is 736 g/mol. The van der Waals surface area contributed by atoms with Crippen LogP contribution in [0.2, 0.25) is 0 Å². The minimum Gasteiger partial charge on any atom is -0.489 e. The summed E-state index contributed by atoms with van der Waals surface area (Å²) >= 11 is 0.961. The first-order valence-electron chi connectivity index (χ1n) is 15.4. The van der Waals surface area contributed by atoms with Crippen LogP contribution in [0.4, 0.5) is 10.9 Å². The van der Waals surface area contributed by atoms with Gasteiger partial charge in [-0.3, -0.25) is 14.1 Å². The molecule has 4 heterocycles. The van der Waals surface area contributed by atoms with Crippen LogP contribution in [0.5, 0.6) is 5.75 Å². The predicted molar refractivity (Wildman–Crippen MR) is 181 cm³/mol. The van der Waals surface area contributed by atoms with Crippen LogP contribution in [0.15, 0.2) is 40.9 Å². The van der Waals surface area contributed by atoms with Gasteiger partial charge in [-0.1, -0.05) is 5.16 Å². The predicted octanol–water partition coefficient (Wildman–Crippen LogP) is -0.259. The number of aromatic nitrogens is 2. The number of hydrogen-bond donors (Lipinski definition) is 6. The Balaban J connectivity index is 1.27. The molecule has 0 aliphatic carbocycles. The molecular weight excluding hydrogens is 699 g/mol. The molecule has 1 aromatic carbocycles. The molecule has 2 unspecified atom stereocenters. The van der Waals surface area contributed by atoms with Gasteiger partial charge in [0.25, 0.3) is 17.9 Å². The molecule has 2 amide bonds. The third-order valence-electron chi connectivity index (χ3n) is 8.00. The van der Waals surface area contributed by atoms with Crippen LogP contribution in [0, 0.1) is 5.92 Å². The molecule has 2 saturated heterocycles. The summed E-state index contributed by atoms with van der Waals surface area (Å²) in [6.45, 7) is 6.37. The number of pyridine rings is 1. The molecule has 0 radical (unpaired) electrons. The molecular formula is C29H37N9O10S2. The summed E-state index contributed by atoms with van der Waals surface area (Å²) in [5.74, 6) is -1.76. The number of hydroxylamine groups is 2. The molecule has 2 fully saturated rings. The fourth-order valence-electron chi connectivity index (χ4n) is 5.18. The minimum absolute atomic E-state index is 0.0586. The Kier molecular flexibility index (Phi) is 11.0. The van der Waals surface area contributed by atoms with Crippen molar-refractivity contribution in [1.82, 2.24) is 25.7 Å². The number of fused-ring (bicyclic) bond motifs is 1. The van der Waals surface area contributed by atoms with Gasteiger partial charge in [0.15, 0.2) is 10.8 Å². The van der Waals surface area contributed by atoms with Crippen LogP contribution in [-0.2, 0) is 33.9 Å². The number of carboxylic acids is 1. The second-order valence-electron chi connectivity index (χ2n) is 12.1. The largest absolute Gasteiger partial charge is 0.489 e. The van der Waals surface area contributed by atoms with Gasteiger partial charge in [0.2, 0.25) is 0 Å². The molecule has 8 N–H and O–H groups in total. The summed E-state index contributed by atoms with van der Waals surface area (Å²) in [5, 5.41) is 21.8. The van der Waals surface area contributed by atoms with Crippen LogP contribution in [0.1, 0.15) is 26.0 Å². The molecule has 2 atom stereocenters. The maximum absolute atomic E-state index is 13.3. The number of oxime groups is 1. The number of ether oxygens (including phenoxy) is 1. The SMILES string of the molecule is CC1(C)C(NC(=O)C(=NOC(COc2ccc3nc(N(CCCN)CC4CNC4)ccc3c2)C(=O)O)c2csc(N)n2)C(=O)N1OS(=O)(=O)O. The Morgan fingerprint density at radius 2 is 2.02 bits per heavy atom. The number of β-lactam (4-membered cyclic amide) rings is 1. The quantitative estimate of drug-likeness (QED) is 0.0451. The number of aliphatic carboxylic acids is 1. The van der Waals surface area contributed by atoms with Crippen LogP contribution in [-0.4, -0.2) is 114 Å². The van der Waals surface area contributed by atoms with Gasteiger partial charge in [0.05, 0.1) is 11.1 Å². The number of benzene rings is 1. The number of thiazole rings is 1. The van der Waals surface area contributed by atoms with E-state index in [0.717, 1.165) is 55.1 Å². The van der Waals surface area contributed by atoms with Gasteiger partial charge in [-0.2, -0.15) is 13.5 Å². The molecule has 3 aromatic rings. The normalized spacial score (nSPS) is 18.2. The van der Waals surface area contributed by atoms with Crippen molar-refractivity contribution >= 4 is 67.1 Å². The van der Waals surface area contributed by atoms with Crippen LogP contribution in [0.25, 0.3) is 10.9 Å². The summed E-state index contributed by atoms with van der Waals surface area (Å²) in [7, 11) is -5.02. The third kappa shape index (κ3) is 8.54. The Morgan fingerprint density at radius 1 is 1.26 bits per heavy atom. The Hall–Kier alpha value is -4.67. The van der Waals surface area contributed by atoms with E-state index in [2.05, 4.69) is 30.0 Å². The van der Waals surface area contributed by atoms with Gasteiger partial charge in [0, 0.05) is 42.9 Å². The van der Waals surface area contributed by atoms with Crippen molar-refractivity contribution in [2.24, 2.45) is 16.8 Å². The zero-order chi connectivity index (χ0) is 36.2. The molecule has 0 saturated carbocycles. The Bertz CT molecular complexity index is 1880. The van der Waals surface area contributed by atoms with E-state index < -0.39 is 58.2 Å². The van der Waals surface area contributed by atoms with Gasteiger partial charge in [-0.15, -0.1) is 15.6 Å². The number of nitrogens with zero attached hydrogens (tertiary/aromatic N) is 5. The van der Waals surface area contributed by atoms with E-state index >= 15 is 0 Å². The molecule has 2 aromatic heterocycles. The number of hydrogen-bond acceptors (Lipinski definition) is 16. The third-order valence-corrected chi connectivity index (χ3v) is 9.01. The van der Waals surface area contributed by atoms with Gasteiger partial charge in [0.1, 0.15) is 29.9 Å². The highest BCUT2D eigenvalue weighted by Crippen LogP contribution is 2.33.